The van der Waals surface area contributed by atoms with E-state index in [9.17, 15) is 10.0 Å². The molecule has 0 heterocycles. The maximum absolute atomic E-state index is 9.31. The number of nitrogens with one attached hydrogen (secondary N) is 1. The van der Waals surface area contributed by atoms with Gasteiger partial charge in [-0.15, -0.1) is 0 Å². The number of aryl methyl sites for hydroxylation is 1. The third-order valence-electron chi connectivity index (χ3n) is 3.42. The highest BCUT2D eigenvalue weighted by atomic mass is 32.1. The fourth-order valence-corrected chi connectivity index (χ4v) is 2.26. The number of rotatable bonds is 4. The predicted molar refractivity (Wildman–Crippen MR) is 92.2 cm³/mol. The molecule has 0 radical (unpaired) electrons. The van der Waals surface area contributed by atoms with Crippen LogP contribution in [0.4, 0.5) is 0 Å². The Morgan fingerprint density at radius 1 is 1.14 bits per heavy atom. The molecular formula is C16H18BNO3S. The lowest BCUT2D eigenvalue weighted by Gasteiger charge is -2.13. The van der Waals surface area contributed by atoms with E-state index >= 15 is 0 Å². The van der Waals surface area contributed by atoms with Gasteiger partial charge in [-0.05, 0) is 54.8 Å². The van der Waals surface area contributed by atoms with E-state index in [1.807, 2.05) is 44.2 Å². The normalized spacial score (nSPS) is 10.2. The molecule has 0 spiro atoms. The quantitative estimate of drug-likeness (QED) is 0.589. The van der Waals surface area contributed by atoms with Gasteiger partial charge in [-0.25, -0.2) is 0 Å². The van der Waals surface area contributed by atoms with Gasteiger partial charge in [-0.1, -0.05) is 35.9 Å². The Morgan fingerprint density at radius 2 is 1.82 bits per heavy atom. The Morgan fingerprint density at radius 3 is 2.45 bits per heavy atom. The highest BCUT2D eigenvalue weighted by Gasteiger charge is 2.15. The summed E-state index contributed by atoms with van der Waals surface area (Å²) in [7, 11) is -1.48. The Kier molecular flexibility index (Phi) is 5.54. The predicted octanol–water partition coefficient (Wildman–Crippen LogP) is 1.44. The summed E-state index contributed by atoms with van der Waals surface area (Å²) >= 11 is 5.16. The van der Waals surface area contributed by atoms with Crippen molar-refractivity contribution < 1.29 is 14.8 Å². The Labute approximate surface area is 135 Å². The zero-order chi connectivity index (χ0) is 16.1. The van der Waals surface area contributed by atoms with Gasteiger partial charge in [0.25, 0.3) is 5.17 Å². The Hall–Kier alpha value is -1.89. The van der Waals surface area contributed by atoms with Crippen molar-refractivity contribution in [2.45, 2.75) is 20.4 Å². The third-order valence-corrected chi connectivity index (χ3v) is 3.65. The molecule has 22 heavy (non-hydrogen) atoms. The van der Waals surface area contributed by atoms with E-state index < -0.39 is 7.12 Å². The lowest BCUT2D eigenvalue weighted by Crippen LogP contribution is -2.34. The first kappa shape index (κ1) is 16.5. The molecule has 0 bridgehead atoms. The average molecular weight is 315 g/mol. The zero-order valence-electron chi connectivity index (χ0n) is 12.5. The molecule has 0 amide bonds. The van der Waals surface area contributed by atoms with Gasteiger partial charge in [-0.3, -0.25) is 0 Å². The summed E-state index contributed by atoms with van der Waals surface area (Å²) in [6.45, 7) is 4.30. The van der Waals surface area contributed by atoms with Crippen LogP contribution in [0.5, 0.6) is 5.75 Å². The topological polar surface area (TPSA) is 61.7 Å². The number of hydrogen-bond donors (Lipinski definition) is 3. The summed E-state index contributed by atoms with van der Waals surface area (Å²) in [5, 5.41) is 21.9. The molecule has 0 fully saturated rings. The summed E-state index contributed by atoms with van der Waals surface area (Å²) in [5.74, 6) is 0.680. The van der Waals surface area contributed by atoms with Crippen LogP contribution in [0.2, 0.25) is 0 Å². The van der Waals surface area contributed by atoms with Crippen molar-refractivity contribution in [1.82, 2.24) is 5.32 Å². The van der Waals surface area contributed by atoms with E-state index in [-0.39, 0.29) is 5.17 Å². The summed E-state index contributed by atoms with van der Waals surface area (Å²) in [5.41, 5.74) is 3.40. The lowest BCUT2D eigenvalue weighted by atomic mass is 9.76. The van der Waals surface area contributed by atoms with Gasteiger partial charge in [0.2, 0.25) is 0 Å². The van der Waals surface area contributed by atoms with Gasteiger partial charge >= 0.3 is 7.12 Å². The molecule has 0 aliphatic carbocycles. The van der Waals surface area contributed by atoms with Crippen LogP contribution in [0.1, 0.15) is 16.7 Å². The van der Waals surface area contributed by atoms with Crippen molar-refractivity contribution >= 4 is 30.0 Å². The van der Waals surface area contributed by atoms with E-state index in [0.29, 0.717) is 17.8 Å². The highest BCUT2D eigenvalue weighted by molar-refractivity contribution is 7.80. The number of ether oxygens (including phenoxy) is 1. The standard InChI is InChI=1S/C16H18BNO3S/c1-11-6-8-14(9-7-11)21-16(22)18-10-13-4-3-5-15(12(13)2)17(19)20/h3-9,19-20H,10H2,1-2H3,(H,18,22). The molecule has 0 aromatic heterocycles. The first-order chi connectivity index (χ1) is 10.5. The summed E-state index contributed by atoms with van der Waals surface area (Å²) in [6.07, 6.45) is 0. The maximum Gasteiger partial charge on any atom is 0.488 e. The van der Waals surface area contributed by atoms with Crippen LogP contribution in [0.3, 0.4) is 0 Å². The van der Waals surface area contributed by atoms with E-state index in [1.165, 1.54) is 0 Å². The minimum Gasteiger partial charge on any atom is -0.432 e. The second-order valence-electron chi connectivity index (χ2n) is 5.06. The van der Waals surface area contributed by atoms with Crippen molar-refractivity contribution in [2.24, 2.45) is 0 Å². The SMILES string of the molecule is Cc1ccc(OC(=S)NCc2cccc(B(O)O)c2C)cc1. The Bertz CT molecular complexity index is 659. The number of benzene rings is 2. The highest BCUT2D eigenvalue weighted by Crippen LogP contribution is 2.12. The minimum absolute atomic E-state index is 0.276. The average Bonchev–Trinajstić information content (AvgIpc) is 2.48. The van der Waals surface area contributed by atoms with Gasteiger partial charge in [0, 0.05) is 6.54 Å². The molecule has 0 saturated carbocycles. The van der Waals surface area contributed by atoms with Crippen molar-refractivity contribution in [2.75, 3.05) is 0 Å². The second-order valence-corrected chi connectivity index (χ2v) is 5.43. The first-order valence-corrected chi connectivity index (χ1v) is 7.35. The third kappa shape index (κ3) is 4.30. The molecule has 2 aromatic rings. The molecule has 2 aromatic carbocycles. The fourth-order valence-electron chi connectivity index (χ4n) is 2.09. The first-order valence-electron chi connectivity index (χ1n) is 6.94. The van der Waals surface area contributed by atoms with Gasteiger partial charge in [0.1, 0.15) is 5.75 Å². The molecule has 0 unspecified atom stereocenters. The summed E-state index contributed by atoms with van der Waals surface area (Å²) in [4.78, 5) is 0. The maximum atomic E-state index is 9.31. The van der Waals surface area contributed by atoms with Crippen LogP contribution < -0.4 is 15.5 Å². The van der Waals surface area contributed by atoms with Crippen LogP contribution in [-0.4, -0.2) is 22.3 Å². The fraction of sp³-hybridized carbons (Fsp3) is 0.188. The minimum atomic E-state index is -1.48. The molecule has 2 rings (SSSR count). The van der Waals surface area contributed by atoms with Gasteiger partial charge in [0.15, 0.2) is 0 Å². The van der Waals surface area contributed by atoms with Crippen LogP contribution >= 0.6 is 12.2 Å². The van der Waals surface area contributed by atoms with Crippen LogP contribution in [0.15, 0.2) is 42.5 Å². The zero-order valence-corrected chi connectivity index (χ0v) is 13.4. The molecule has 0 aliphatic rings. The Balaban J connectivity index is 1.96. The van der Waals surface area contributed by atoms with Crippen LogP contribution in [-0.2, 0) is 6.54 Å². The van der Waals surface area contributed by atoms with Gasteiger partial charge in [0.05, 0.1) is 0 Å². The van der Waals surface area contributed by atoms with E-state index in [4.69, 9.17) is 17.0 Å². The van der Waals surface area contributed by atoms with E-state index in [2.05, 4.69) is 5.32 Å². The van der Waals surface area contributed by atoms with Crippen molar-refractivity contribution in [1.29, 1.82) is 0 Å². The van der Waals surface area contributed by atoms with Crippen LogP contribution in [0, 0.1) is 13.8 Å². The largest absolute Gasteiger partial charge is 0.488 e. The molecular weight excluding hydrogens is 297 g/mol. The second kappa shape index (κ2) is 7.40. The van der Waals surface area contributed by atoms with Crippen LogP contribution in [0.25, 0.3) is 0 Å². The van der Waals surface area contributed by atoms with Crippen molar-refractivity contribution in [3.05, 3.63) is 59.2 Å². The van der Waals surface area contributed by atoms with E-state index in [0.717, 1.165) is 16.7 Å². The monoisotopic (exact) mass is 315 g/mol. The van der Waals surface area contributed by atoms with Gasteiger partial charge < -0.3 is 20.1 Å². The number of hydrogen-bond acceptors (Lipinski definition) is 4. The summed E-state index contributed by atoms with van der Waals surface area (Å²) in [6, 6.07) is 13.0. The van der Waals surface area contributed by atoms with Gasteiger partial charge in [-0.2, -0.15) is 0 Å². The number of thiocarbonyl (C=S) groups is 1. The molecule has 3 N–H and O–H groups in total. The smallest absolute Gasteiger partial charge is 0.432 e. The molecule has 114 valence electrons. The lowest BCUT2D eigenvalue weighted by molar-refractivity contribution is 0.425. The summed E-state index contributed by atoms with van der Waals surface area (Å²) < 4.78 is 5.53. The van der Waals surface area contributed by atoms with Crippen molar-refractivity contribution in [3.63, 3.8) is 0 Å². The van der Waals surface area contributed by atoms with E-state index in [1.54, 1.807) is 12.1 Å². The molecule has 0 saturated heterocycles. The molecule has 0 atom stereocenters. The molecule has 0 aliphatic heterocycles. The molecule has 6 heteroatoms. The molecule has 4 nitrogen and oxygen atoms in total. The van der Waals surface area contributed by atoms with Crippen molar-refractivity contribution in [3.8, 4) is 5.75 Å².